The Labute approximate surface area is 158 Å². The van der Waals surface area contributed by atoms with Crippen LogP contribution in [0.4, 0.5) is 0 Å². The first-order chi connectivity index (χ1) is 13.3. The lowest BCUT2D eigenvalue weighted by atomic mass is 9.95. The number of fused-ring (bicyclic) bond motifs is 4. The third kappa shape index (κ3) is 2.79. The summed E-state index contributed by atoms with van der Waals surface area (Å²) in [6, 6.07) is 28.0. The number of aliphatic hydroxyl groups excluding tert-OH is 1. The molecule has 0 radical (unpaired) electrons. The van der Waals surface area contributed by atoms with E-state index in [1.165, 1.54) is 38.8 Å². The van der Waals surface area contributed by atoms with Gasteiger partial charge in [0, 0.05) is 0 Å². The number of hydrogen-bond acceptors (Lipinski definition) is 2. The lowest BCUT2D eigenvalue weighted by molar-refractivity contribution is 0.201. The van der Waals surface area contributed by atoms with Gasteiger partial charge in [0.25, 0.3) is 0 Å². The zero-order valence-corrected chi connectivity index (χ0v) is 15.0. The summed E-state index contributed by atoms with van der Waals surface area (Å²) in [5.41, 5.74) is 8.01. The Kier molecular flexibility index (Phi) is 3.92. The van der Waals surface area contributed by atoms with Gasteiger partial charge in [0.15, 0.2) is 0 Å². The number of aliphatic hydroxyl groups is 1. The van der Waals surface area contributed by atoms with E-state index in [1.807, 2.05) is 12.1 Å². The van der Waals surface area contributed by atoms with Crippen molar-refractivity contribution in [3.05, 3.63) is 90.0 Å². The van der Waals surface area contributed by atoms with Gasteiger partial charge >= 0.3 is 0 Å². The van der Waals surface area contributed by atoms with Gasteiger partial charge in [-0.1, -0.05) is 66.7 Å². The van der Waals surface area contributed by atoms with E-state index in [4.69, 9.17) is 9.84 Å². The number of rotatable bonds is 4. The molecule has 5 rings (SSSR count). The molecule has 0 amide bonds. The molecule has 0 spiro atoms. The van der Waals surface area contributed by atoms with Crippen molar-refractivity contribution < 1.29 is 9.84 Å². The first-order valence-corrected chi connectivity index (χ1v) is 9.31. The van der Waals surface area contributed by atoms with E-state index in [1.54, 1.807) is 0 Å². The summed E-state index contributed by atoms with van der Waals surface area (Å²) in [4.78, 5) is 0. The van der Waals surface area contributed by atoms with Crippen LogP contribution in [0.3, 0.4) is 0 Å². The van der Waals surface area contributed by atoms with E-state index in [0.717, 1.165) is 17.6 Å². The van der Waals surface area contributed by atoms with Crippen molar-refractivity contribution in [3.63, 3.8) is 0 Å². The van der Waals surface area contributed by atoms with E-state index < -0.39 is 0 Å². The molecule has 1 N–H and O–H groups in total. The molecule has 1 aliphatic carbocycles. The van der Waals surface area contributed by atoms with Gasteiger partial charge in [0.05, 0.1) is 6.61 Å². The SMILES string of the molecule is OCCOc1ccc2c(-c3ccc4c(c3)Cc3ccccc3-4)cccc2c1. The fourth-order valence-corrected chi connectivity index (χ4v) is 4.08. The van der Waals surface area contributed by atoms with Crippen LogP contribution in [-0.2, 0) is 6.42 Å². The molecule has 0 unspecified atom stereocenters. The summed E-state index contributed by atoms with van der Waals surface area (Å²) in [6.45, 7) is 0.339. The standard InChI is InChI=1S/C25H20O2/c26-12-13-27-21-9-11-24-18(16-21)5-3-7-23(24)19-8-10-25-20(15-19)14-17-4-1-2-6-22(17)25/h1-11,15-16,26H,12-14H2. The summed E-state index contributed by atoms with van der Waals surface area (Å²) in [7, 11) is 0. The predicted molar refractivity (Wildman–Crippen MR) is 110 cm³/mol. The van der Waals surface area contributed by atoms with Crippen LogP contribution in [-0.4, -0.2) is 18.3 Å². The van der Waals surface area contributed by atoms with Gasteiger partial charge in [0.2, 0.25) is 0 Å². The average Bonchev–Trinajstić information content (AvgIpc) is 3.09. The third-order valence-electron chi connectivity index (χ3n) is 5.32. The molecule has 0 fully saturated rings. The van der Waals surface area contributed by atoms with Crippen molar-refractivity contribution in [1.82, 2.24) is 0 Å². The molecule has 0 heterocycles. The third-order valence-corrected chi connectivity index (χ3v) is 5.32. The van der Waals surface area contributed by atoms with E-state index in [9.17, 15) is 0 Å². The van der Waals surface area contributed by atoms with Crippen LogP contribution in [0.15, 0.2) is 78.9 Å². The van der Waals surface area contributed by atoms with Gasteiger partial charge in [-0.15, -0.1) is 0 Å². The number of hydrogen-bond donors (Lipinski definition) is 1. The van der Waals surface area contributed by atoms with Gasteiger partial charge in [-0.05, 0) is 62.7 Å². The molecule has 4 aromatic rings. The normalized spacial score (nSPS) is 12.0. The highest BCUT2D eigenvalue weighted by Crippen LogP contribution is 2.39. The van der Waals surface area contributed by atoms with E-state index in [0.29, 0.717) is 6.61 Å². The van der Waals surface area contributed by atoms with Crippen molar-refractivity contribution in [3.8, 4) is 28.0 Å². The molecule has 0 atom stereocenters. The Morgan fingerprint density at radius 1 is 0.741 bits per heavy atom. The lowest BCUT2D eigenvalue weighted by Crippen LogP contribution is -2.01. The molecular weight excluding hydrogens is 332 g/mol. The zero-order valence-electron chi connectivity index (χ0n) is 15.0. The largest absolute Gasteiger partial charge is 0.491 e. The average molecular weight is 352 g/mol. The summed E-state index contributed by atoms with van der Waals surface area (Å²) in [5.74, 6) is 0.790. The summed E-state index contributed by atoms with van der Waals surface area (Å²) < 4.78 is 5.56. The van der Waals surface area contributed by atoms with E-state index in [-0.39, 0.29) is 6.61 Å². The van der Waals surface area contributed by atoms with Gasteiger partial charge in [-0.2, -0.15) is 0 Å². The molecule has 132 valence electrons. The van der Waals surface area contributed by atoms with Gasteiger partial charge in [-0.3, -0.25) is 0 Å². The van der Waals surface area contributed by atoms with Gasteiger partial charge in [0.1, 0.15) is 12.4 Å². The highest BCUT2D eigenvalue weighted by Gasteiger charge is 2.18. The second-order valence-electron chi connectivity index (χ2n) is 6.97. The van der Waals surface area contributed by atoms with Crippen LogP contribution in [0.5, 0.6) is 5.75 Å². The van der Waals surface area contributed by atoms with Crippen LogP contribution >= 0.6 is 0 Å². The summed E-state index contributed by atoms with van der Waals surface area (Å²) in [6.07, 6.45) is 1.00. The molecule has 0 bridgehead atoms. The molecule has 4 aromatic carbocycles. The van der Waals surface area contributed by atoms with Crippen LogP contribution in [0.1, 0.15) is 11.1 Å². The molecule has 0 aliphatic heterocycles. The molecule has 0 aromatic heterocycles. The Morgan fingerprint density at radius 2 is 1.59 bits per heavy atom. The molecule has 0 saturated carbocycles. The first kappa shape index (κ1) is 16.1. The van der Waals surface area contributed by atoms with Gasteiger partial charge < -0.3 is 9.84 Å². The van der Waals surface area contributed by atoms with Crippen molar-refractivity contribution >= 4 is 10.8 Å². The highest BCUT2D eigenvalue weighted by atomic mass is 16.5. The van der Waals surface area contributed by atoms with E-state index in [2.05, 4.69) is 66.7 Å². The number of ether oxygens (including phenoxy) is 1. The fraction of sp³-hybridized carbons (Fsp3) is 0.120. The first-order valence-electron chi connectivity index (χ1n) is 9.31. The predicted octanol–water partition coefficient (Wildman–Crippen LogP) is 5.45. The Balaban J connectivity index is 1.57. The Hall–Kier alpha value is -3.10. The molecule has 27 heavy (non-hydrogen) atoms. The maximum absolute atomic E-state index is 8.95. The number of benzene rings is 4. The van der Waals surface area contributed by atoms with E-state index >= 15 is 0 Å². The maximum atomic E-state index is 8.95. The second kappa shape index (κ2) is 6.57. The zero-order chi connectivity index (χ0) is 18.2. The van der Waals surface area contributed by atoms with Crippen molar-refractivity contribution in [1.29, 1.82) is 0 Å². The van der Waals surface area contributed by atoms with Crippen molar-refractivity contribution in [2.24, 2.45) is 0 Å². The molecule has 1 aliphatic rings. The van der Waals surface area contributed by atoms with Crippen molar-refractivity contribution in [2.45, 2.75) is 6.42 Å². The fourth-order valence-electron chi connectivity index (χ4n) is 4.08. The smallest absolute Gasteiger partial charge is 0.120 e. The quantitative estimate of drug-likeness (QED) is 0.466. The second-order valence-corrected chi connectivity index (χ2v) is 6.97. The van der Waals surface area contributed by atoms with Crippen LogP contribution in [0, 0.1) is 0 Å². The highest BCUT2D eigenvalue weighted by molar-refractivity contribution is 5.98. The minimum Gasteiger partial charge on any atom is -0.491 e. The lowest BCUT2D eigenvalue weighted by Gasteiger charge is -2.11. The molecular formula is C25H20O2. The monoisotopic (exact) mass is 352 g/mol. The van der Waals surface area contributed by atoms with Crippen LogP contribution in [0.25, 0.3) is 33.0 Å². The maximum Gasteiger partial charge on any atom is 0.120 e. The topological polar surface area (TPSA) is 29.5 Å². The minimum absolute atomic E-state index is 0.0234. The summed E-state index contributed by atoms with van der Waals surface area (Å²) >= 11 is 0. The molecule has 2 heteroatoms. The molecule has 0 saturated heterocycles. The van der Waals surface area contributed by atoms with Crippen LogP contribution in [0.2, 0.25) is 0 Å². The van der Waals surface area contributed by atoms with Gasteiger partial charge in [-0.25, -0.2) is 0 Å². The Morgan fingerprint density at radius 3 is 2.52 bits per heavy atom. The Bertz CT molecular complexity index is 1140. The van der Waals surface area contributed by atoms with Crippen LogP contribution < -0.4 is 4.74 Å². The molecule has 2 nitrogen and oxygen atoms in total. The summed E-state index contributed by atoms with van der Waals surface area (Å²) in [5, 5.41) is 11.3. The van der Waals surface area contributed by atoms with Crippen molar-refractivity contribution in [2.75, 3.05) is 13.2 Å². The minimum atomic E-state index is 0.0234.